The fourth-order valence-electron chi connectivity index (χ4n) is 2.91. The molecule has 0 heterocycles. The first kappa shape index (κ1) is 17.5. The zero-order valence-electron chi connectivity index (χ0n) is 12.1. The number of unbranched alkanes of at least 4 members (excludes halogenated alkanes) is 2. The van der Waals surface area contributed by atoms with Crippen molar-refractivity contribution in [1.29, 1.82) is 0 Å². The Morgan fingerprint density at radius 1 is 1.25 bits per heavy atom. The van der Waals surface area contributed by atoms with Gasteiger partial charge in [-0.3, -0.25) is 10.1 Å². The Kier molecular flexibility index (Phi) is 7.60. The highest BCUT2D eigenvalue weighted by molar-refractivity contribution is 6.56. The predicted octanol–water partition coefficient (Wildman–Crippen LogP) is 5.50. The van der Waals surface area contributed by atoms with E-state index in [2.05, 4.69) is 13.8 Å². The van der Waals surface area contributed by atoms with Gasteiger partial charge in [0.1, 0.15) is 4.49 Å². The minimum atomic E-state index is -0.597. The van der Waals surface area contributed by atoms with Crippen LogP contribution in [0.4, 0.5) is 0 Å². The van der Waals surface area contributed by atoms with E-state index in [1.165, 1.54) is 0 Å². The zero-order valence-corrected chi connectivity index (χ0v) is 13.7. The first-order chi connectivity index (χ1) is 9.52. The van der Waals surface area contributed by atoms with E-state index in [1.54, 1.807) is 0 Å². The third-order valence-electron chi connectivity index (χ3n) is 3.99. The van der Waals surface area contributed by atoms with Gasteiger partial charge in [-0.25, -0.2) is 0 Å². The van der Waals surface area contributed by atoms with Crippen LogP contribution in [0.25, 0.3) is 0 Å². The first-order valence-electron chi connectivity index (χ1n) is 7.39. The average molecular weight is 320 g/mol. The number of hydrogen-bond acceptors (Lipinski definition) is 2. The molecule has 0 aromatic heterocycles. The molecule has 0 fully saturated rings. The summed E-state index contributed by atoms with van der Waals surface area (Å²) < 4.78 is 0.170. The largest absolute Gasteiger partial charge is 0.264 e. The van der Waals surface area contributed by atoms with E-state index in [0.717, 1.165) is 44.1 Å². The summed E-state index contributed by atoms with van der Waals surface area (Å²) in [7, 11) is 0. The quantitative estimate of drug-likeness (QED) is 0.459. The Labute approximate surface area is 131 Å². The Morgan fingerprint density at radius 3 is 2.35 bits per heavy atom. The molecule has 0 saturated carbocycles. The zero-order chi connectivity index (χ0) is 15.1. The molecule has 114 valence electrons. The van der Waals surface area contributed by atoms with Crippen LogP contribution in [0.5, 0.6) is 0 Å². The molecule has 20 heavy (non-hydrogen) atoms. The molecule has 1 aliphatic carbocycles. The Balaban J connectivity index is 3.05. The summed E-state index contributed by atoms with van der Waals surface area (Å²) in [6.07, 6.45) is 9.47. The summed E-state index contributed by atoms with van der Waals surface area (Å²) >= 11 is 11.8. The SMILES string of the molecule is CCCC[C@@H]1C(=C(Cl)Cl)C=C[C@@H](CCCC)[C@H]1[N+](=O)[O-]. The lowest BCUT2D eigenvalue weighted by Crippen LogP contribution is -2.39. The van der Waals surface area contributed by atoms with Gasteiger partial charge in [0.15, 0.2) is 0 Å². The highest BCUT2D eigenvalue weighted by Crippen LogP contribution is 2.39. The molecule has 0 aliphatic heterocycles. The maximum absolute atomic E-state index is 11.5. The molecule has 0 bridgehead atoms. The lowest BCUT2D eigenvalue weighted by Gasteiger charge is -2.30. The minimum Gasteiger partial charge on any atom is -0.264 e. The summed E-state index contributed by atoms with van der Waals surface area (Å²) in [6.45, 7) is 4.18. The highest BCUT2D eigenvalue weighted by atomic mass is 35.5. The standard InChI is InChI=1S/C15H23Cl2NO2/c1-3-5-7-11-9-10-13(15(16)17)12(8-6-4-2)14(11)18(19)20/h9-12,14H,3-8H2,1-2H3/t11-,12-,14-/m1/s1. The van der Waals surface area contributed by atoms with Crippen LogP contribution in [0.1, 0.15) is 52.4 Å². The molecule has 5 heteroatoms. The van der Waals surface area contributed by atoms with Crippen LogP contribution in [0, 0.1) is 22.0 Å². The van der Waals surface area contributed by atoms with Crippen molar-refractivity contribution in [2.75, 3.05) is 0 Å². The van der Waals surface area contributed by atoms with E-state index < -0.39 is 6.04 Å². The molecule has 0 radical (unpaired) electrons. The van der Waals surface area contributed by atoms with Crippen molar-refractivity contribution in [3.8, 4) is 0 Å². The fourth-order valence-corrected chi connectivity index (χ4v) is 3.32. The Bertz CT molecular complexity index is 389. The number of nitro groups is 1. The van der Waals surface area contributed by atoms with Gasteiger partial charge in [0.25, 0.3) is 0 Å². The third kappa shape index (κ3) is 4.49. The molecule has 1 aliphatic rings. The molecule has 3 atom stereocenters. The molecule has 0 unspecified atom stereocenters. The van der Waals surface area contributed by atoms with E-state index >= 15 is 0 Å². The molecule has 0 spiro atoms. The van der Waals surface area contributed by atoms with E-state index in [1.807, 2.05) is 12.2 Å². The van der Waals surface area contributed by atoms with Crippen LogP contribution >= 0.6 is 23.2 Å². The van der Waals surface area contributed by atoms with Gasteiger partial charge in [0, 0.05) is 10.8 Å². The summed E-state index contributed by atoms with van der Waals surface area (Å²) in [5, 5.41) is 11.5. The molecule has 0 N–H and O–H groups in total. The molecular weight excluding hydrogens is 297 g/mol. The second-order valence-electron chi connectivity index (χ2n) is 5.41. The van der Waals surface area contributed by atoms with Gasteiger partial charge >= 0.3 is 0 Å². The molecule has 1 rings (SSSR count). The summed E-state index contributed by atoms with van der Waals surface area (Å²) in [5.74, 6) is -0.176. The van der Waals surface area contributed by atoms with Crippen molar-refractivity contribution < 1.29 is 4.92 Å². The Hall–Kier alpha value is -0.540. The minimum absolute atomic E-state index is 0.0109. The number of allylic oxidation sites excluding steroid dienone is 1. The smallest absolute Gasteiger partial charge is 0.226 e. The molecule has 0 saturated heterocycles. The van der Waals surface area contributed by atoms with Crippen molar-refractivity contribution in [2.24, 2.45) is 11.8 Å². The van der Waals surface area contributed by atoms with Gasteiger partial charge in [-0.05, 0) is 18.4 Å². The van der Waals surface area contributed by atoms with E-state index in [9.17, 15) is 10.1 Å². The van der Waals surface area contributed by atoms with Crippen molar-refractivity contribution in [2.45, 2.75) is 58.4 Å². The highest BCUT2D eigenvalue weighted by Gasteiger charge is 2.41. The lowest BCUT2D eigenvalue weighted by atomic mass is 9.75. The monoisotopic (exact) mass is 319 g/mol. The number of halogens is 2. The lowest BCUT2D eigenvalue weighted by molar-refractivity contribution is -0.538. The Morgan fingerprint density at radius 2 is 1.85 bits per heavy atom. The van der Waals surface area contributed by atoms with Gasteiger partial charge in [-0.15, -0.1) is 0 Å². The van der Waals surface area contributed by atoms with Crippen LogP contribution < -0.4 is 0 Å². The summed E-state index contributed by atoms with van der Waals surface area (Å²) in [5.41, 5.74) is 0.733. The van der Waals surface area contributed by atoms with Crippen LogP contribution in [0.2, 0.25) is 0 Å². The number of nitrogens with zero attached hydrogens (tertiary/aromatic N) is 1. The normalized spacial score (nSPS) is 25.8. The van der Waals surface area contributed by atoms with Gasteiger partial charge < -0.3 is 0 Å². The second-order valence-corrected chi connectivity index (χ2v) is 6.36. The van der Waals surface area contributed by atoms with Crippen LogP contribution in [0.15, 0.2) is 22.2 Å². The van der Waals surface area contributed by atoms with Crippen LogP contribution in [-0.2, 0) is 0 Å². The predicted molar refractivity (Wildman–Crippen MR) is 84.7 cm³/mol. The summed E-state index contributed by atoms with van der Waals surface area (Å²) in [4.78, 5) is 11.4. The maximum atomic E-state index is 11.5. The third-order valence-corrected chi connectivity index (χ3v) is 4.43. The average Bonchev–Trinajstić information content (AvgIpc) is 2.41. The second kappa shape index (κ2) is 8.68. The molecule has 0 aromatic carbocycles. The van der Waals surface area contributed by atoms with E-state index in [4.69, 9.17) is 23.2 Å². The van der Waals surface area contributed by atoms with E-state index in [-0.39, 0.29) is 21.3 Å². The van der Waals surface area contributed by atoms with Gasteiger partial charge in [-0.1, -0.05) is 74.9 Å². The molecule has 0 aromatic rings. The van der Waals surface area contributed by atoms with Crippen LogP contribution in [0.3, 0.4) is 0 Å². The van der Waals surface area contributed by atoms with Gasteiger partial charge in [-0.2, -0.15) is 0 Å². The fraction of sp³-hybridized carbons (Fsp3) is 0.733. The van der Waals surface area contributed by atoms with Crippen molar-refractivity contribution in [3.05, 3.63) is 32.3 Å². The molecule has 3 nitrogen and oxygen atoms in total. The maximum Gasteiger partial charge on any atom is 0.226 e. The summed E-state index contributed by atoms with van der Waals surface area (Å²) in [6, 6.07) is -0.597. The molecular formula is C15H23Cl2NO2. The topological polar surface area (TPSA) is 43.1 Å². The van der Waals surface area contributed by atoms with Gasteiger partial charge in [0.2, 0.25) is 6.04 Å². The molecule has 0 amide bonds. The number of rotatable bonds is 7. The van der Waals surface area contributed by atoms with Crippen LogP contribution in [-0.4, -0.2) is 11.0 Å². The first-order valence-corrected chi connectivity index (χ1v) is 8.15. The van der Waals surface area contributed by atoms with Crippen molar-refractivity contribution in [3.63, 3.8) is 0 Å². The van der Waals surface area contributed by atoms with E-state index in [0.29, 0.717) is 0 Å². The van der Waals surface area contributed by atoms with Crippen molar-refractivity contribution in [1.82, 2.24) is 0 Å². The van der Waals surface area contributed by atoms with Crippen molar-refractivity contribution >= 4 is 23.2 Å². The number of hydrogen-bond donors (Lipinski definition) is 0. The van der Waals surface area contributed by atoms with Gasteiger partial charge in [0.05, 0.1) is 5.92 Å².